The van der Waals surface area contributed by atoms with Gasteiger partial charge in [-0.25, -0.2) is 4.98 Å². The molecule has 0 atom stereocenters. The molecule has 0 unspecified atom stereocenters. The van der Waals surface area contributed by atoms with E-state index in [-0.39, 0.29) is 23.1 Å². The second-order valence-corrected chi connectivity index (χ2v) is 10.1. The Balaban J connectivity index is 1.40. The van der Waals surface area contributed by atoms with Crippen LogP contribution in [0.2, 0.25) is 5.15 Å². The van der Waals surface area contributed by atoms with Crippen LogP contribution in [0.25, 0.3) is 11.0 Å². The quantitative estimate of drug-likeness (QED) is 0.263. The van der Waals surface area contributed by atoms with Gasteiger partial charge >= 0.3 is 0 Å². The van der Waals surface area contributed by atoms with Crippen molar-refractivity contribution >= 4 is 34.0 Å². The van der Waals surface area contributed by atoms with Crippen molar-refractivity contribution in [2.24, 2.45) is 24.0 Å². The first-order chi connectivity index (χ1) is 17.5. The van der Waals surface area contributed by atoms with E-state index in [2.05, 4.69) is 21.2 Å². The summed E-state index contributed by atoms with van der Waals surface area (Å²) in [5.74, 6) is 0.861. The number of nitrogens with zero attached hydrogens (tertiary/aromatic N) is 6. The van der Waals surface area contributed by atoms with E-state index in [1.807, 2.05) is 30.1 Å². The highest BCUT2D eigenvalue weighted by Crippen LogP contribution is 2.35. The molecule has 0 bridgehead atoms. The minimum absolute atomic E-state index is 0.0913. The predicted molar refractivity (Wildman–Crippen MR) is 140 cm³/mol. The van der Waals surface area contributed by atoms with Gasteiger partial charge in [-0.1, -0.05) is 22.8 Å². The summed E-state index contributed by atoms with van der Waals surface area (Å²) in [6.07, 6.45) is 7.76. The lowest BCUT2D eigenvalue weighted by atomic mass is 9.81. The fourth-order valence-corrected chi connectivity index (χ4v) is 5.22. The van der Waals surface area contributed by atoms with Crippen molar-refractivity contribution in [3.63, 3.8) is 0 Å². The molecule has 0 spiro atoms. The number of hydrogen-bond acceptors (Lipinski definition) is 7. The van der Waals surface area contributed by atoms with Crippen LogP contribution < -0.4 is 10.5 Å². The summed E-state index contributed by atoms with van der Waals surface area (Å²) in [4.78, 5) is 29.8. The summed E-state index contributed by atoms with van der Waals surface area (Å²) in [6.45, 7) is 0.664. The molecule has 9 heteroatoms. The van der Waals surface area contributed by atoms with Crippen molar-refractivity contribution in [1.29, 1.82) is 5.26 Å². The average molecular weight is 505 g/mol. The molecule has 36 heavy (non-hydrogen) atoms. The van der Waals surface area contributed by atoms with E-state index in [1.54, 1.807) is 25.4 Å². The molecule has 0 amide bonds. The molecular formula is C27H29ClN6O2. The molecule has 0 aliphatic heterocycles. The molecule has 186 valence electrons. The first-order valence-electron chi connectivity index (χ1n) is 12.4. The lowest BCUT2D eigenvalue weighted by Gasteiger charge is -2.36. The Bertz CT molecular complexity index is 1390. The molecule has 3 aromatic heterocycles. The highest BCUT2D eigenvalue weighted by molar-refractivity contribution is 6.29. The van der Waals surface area contributed by atoms with E-state index in [1.165, 1.54) is 17.4 Å². The van der Waals surface area contributed by atoms with Crippen molar-refractivity contribution in [3.05, 3.63) is 63.3 Å². The van der Waals surface area contributed by atoms with Crippen LogP contribution in [0.3, 0.4) is 0 Å². The first-order valence-corrected chi connectivity index (χ1v) is 12.8. The molecule has 2 aliphatic carbocycles. The molecule has 3 aromatic rings. The summed E-state index contributed by atoms with van der Waals surface area (Å²) >= 11 is 6.22. The van der Waals surface area contributed by atoms with Crippen molar-refractivity contribution in [2.75, 3.05) is 18.6 Å². The van der Waals surface area contributed by atoms with E-state index < -0.39 is 0 Å². The zero-order valence-electron chi connectivity index (χ0n) is 20.5. The molecule has 2 fully saturated rings. The normalized spacial score (nSPS) is 20.2. The number of fused-ring (bicyclic) bond motifs is 1. The van der Waals surface area contributed by atoms with Crippen LogP contribution in [-0.4, -0.2) is 39.9 Å². The monoisotopic (exact) mass is 504 g/mol. The maximum absolute atomic E-state index is 13.0. The van der Waals surface area contributed by atoms with Crippen LogP contribution in [0.1, 0.15) is 49.8 Å². The van der Waals surface area contributed by atoms with E-state index in [9.17, 15) is 10.1 Å². The SMILES string of the molecule is CN(c1c(C#N)c(=O)n(C)c2ccc(Cl)nc12)C1CCC(/C(=N\OCC2CC2)c2ccccn2)CC1. The van der Waals surface area contributed by atoms with E-state index >= 15 is 0 Å². The van der Waals surface area contributed by atoms with E-state index in [0.717, 1.165) is 37.1 Å². The fourth-order valence-electron chi connectivity index (χ4n) is 5.07. The number of nitriles is 1. The maximum Gasteiger partial charge on any atom is 0.270 e. The molecule has 0 saturated heterocycles. The Kier molecular flexibility index (Phi) is 6.92. The largest absolute Gasteiger partial charge is 0.395 e. The van der Waals surface area contributed by atoms with Crippen LogP contribution in [0.5, 0.6) is 0 Å². The summed E-state index contributed by atoms with van der Waals surface area (Å²) in [7, 11) is 3.59. The standard InChI is InChI=1S/C27H29ClN6O2/c1-33(26-20(15-29)27(35)34(2)22-12-13-23(28)31-25(22)26)19-10-8-18(9-11-19)24(21-5-3-4-14-30-21)32-36-16-17-6-7-17/h3-5,12-14,17-19H,6-11,16H2,1-2H3/b32-24+. The molecule has 2 saturated carbocycles. The number of pyridine rings is 3. The summed E-state index contributed by atoms with van der Waals surface area (Å²) in [5, 5.41) is 14.8. The Hall–Kier alpha value is -3.44. The van der Waals surface area contributed by atoms with Gasteiger partial charge in [-0.15, -0.1) is 0 Å². The highest BCUT2D eigenvalue weighted by Gasteiger charge is 2.31. The van der Waals surface area contributed by atoms with Crippen LogP contribution >= 0.6 is 11.6 Å². The molecule has 5 rings (SSSR count). The maximum atomic E-state index is 13.0. The zero-order chi connectivity index (χ0) is 25.2. The smallest absolute Gasteiger partial charge is 0.270 e. The van der Waals surface area contributed by atoms with Gasteiger partial charge in [-0.05, 0) is 68.7 Å². The number of halogens is 1. The van der Waals surface area contributed by atoms with E-state index in [4.69, 9.17) is 16.4 Å². The minimum Gasteiger partial charge on any atom is -0.395 e. The molecule has 3 heterocycles. The third kappa shape index (κ3) is 4.80. The number of anilines is 1. The Labute approximate surface area is 215 Å². The first kappa shape index (κ1) is 24.3. The summed E-state index contributed by atoms with van der Waals surface area (Å²) < 4.78 is 1.46. The van der Waals surface area contributed by atoms with Crippen molar-refractivity contribution < 1.29 is 4.84 Å². The Morgan fingerprint density at radius 3 is 2.67 bits per heavy atom. The van der Waals surface area contributed by atoms with Gasteiger partial charge < -0.3 is 14.3 Å². The molecule has 0 N–H and O–H groups in total. The van der Waals surface area contributed by atoms with Crippen molar-refractivity contribution in [2.45, 2.75) is 44.6 Å². The predicted octanol–water partition coefficient (Wildman–Crippen LogP) is 4.68. The lowest BCUT2D eigenvalue weighted by Crippen LogP contribution is -2.39. The third-order valence-electron chi connectivity index (χ3n) is 7.37. The molecule has 8 nitrogen and oxygen atoms in total. The summed E-state index contributed by atoms with van der Waals surface area (Å²) in [5.41, 5.74) is 3.28. The zero-order valence-corrected chi connectivity index (χ0v) is 21.3. The molecule has 2 aliphatic rings. The fraction of sp³-hybridized carbons (Fsp3) is 0.444. The molecule has 0 aromatic carbocycles. The Morgan fingerprint density at radius 1 is 1.22 bits per heavy atom. The highest BCUT2D eigenvalue weighted by atomic mass is 35.5. The number of aryl methyl sites for hydroxylation is 1. The molecular weight excluding hydrogens is 476 g/mol. The number of rotatable bonds is 7. The summed E-state index contributed by atoms with van der Waals surface area (Å²) in [6, 6.07) is 11.6. The van der Waals surface area contributed by atoms with Gasteiger partial charge in [-0.3, -0.25) is 9.78 Å². The number of oxime groups is 1. The van der Waals surface area contributed by atoms with Gasteiger partial charge in [0.05, 0.1) is 16.9 Å². The van der Waals surface area contributed by atoms with Crippen LogP contribution in [0.15, 0.2) is 46.5 Å². The van der Waals surface area contributed by atoms with Crippen molar-refractivity contribution in [3.8, 4) is 6.07 Å². The van der Waals surface area contributed by atoms with Crippen LogP contribution in [0, 0.1) is 23.2 Å². The van der Waals surface area contributed by atoms with Gasteiger partial charge in [-0.2, -0.15) is 5.26 Å². The van der Waals surface area contributed by atoms with Gasteiger partial charge in [0.25, 0.3) is 5.56 Å². The van der Waals surface area contributed by atoms with Gasteiger partial charge in [0, 0.05) is 32.3 Å². The second kappa shape index (κ2) is 10.3. The van der Waals surface area contributed by atoms with Gasteiger partial charge in [0.1, 0.15) is 34.6 Å². The second-order valence-electron chi connectivity index (χ2n) is 9.75. The van der Waals surface area contributed by atoms with Gasteiger partial charge in [0.15, 0.2) is 0 Å². The molecule has 0 radical (unpaired) electrons. The lowest BCUT2D eigenvalue weighted by molar-refractivity contribution is 0.131. The number of hydrogen-bond donors (Lipinski definition) is 0. The minimum atomic E-state index is -0.331. The van der Waals surface area contributed by atoms with Crippen LogP contribution in [-0.2, 0) is 11.9 Å². The van der Waals surface area contributed by atoms with Gasteiger partial charge in [0.2, 0.25) is 0 Å². The third-order valence-corrected chi connectivity index (χ3v) is 7.58. The average Bonchev–Trinajstić information content (AvgIpc) is 3.73. The Morgan fingerprint density at radius 2 is 2.00 bits per heavy atom. The van der Waals surface area contributed by atoms with Crippen molar-refractivity contribution in [1.82, 2.24) is 14.5 Å². The number of aromatic nitrogens is 3. The van der Waals surface area contributed by atoms with Crippen LogP contribution in [0.4, 0.5) is 5.69 Å². The van der Waals surface area contributed by atoms with E-state index in [0.29, 0.717) is 34.4 Å². The topological polar surface area (TPSA) is 96.4 Å².